The van der Waals surface area contributed by atoms with Gasteiger partial charge in [-0.05, 0) is 55.9 Å². The van der Waals surface area contributed by atoms with Crippen molar-refractivity contribution in [3.05, 3.63) is 52.6 Å². The zero-order chi connectivity index (χ0) is 18.4. The van der Waals surface area contributed by atoms with Gasteiger partial charge in [-0.15, -0.1) is 0 Å². The third kappa shape index (κ3) is 5.69. The van der Waals surface area contributed by atoms with Gasteiger partial charge in [0.25, 0.3) is 0 Å². The molecule has 136 valence electrons. The third-order valence-electron chi connectivity index (χ3n) is 4.30. The second kappa shape index (κ2) is 8.79. The first kappa shape index (κ1) is 19.2. The van der Waals surface area contributed by atoms with Crippen molar-refractivity contribution in [1.29, 1.82) is 0 Å². The largest absolute Gasteiger partial charge is 0.356 e. The molecular formula is C20H28FN3O. The van der Waals surface area contributed by atoms with Crippen LogP contribution in [0.25, 0.3) is 0 Å². The zero-order valence-corrected chi connectivity index (χ0v) is 15.6. The number of hydrogen-bond donors (Lipinski definition) is 1. The average molecular weight is 345 g/mol. The van der Waals surface area contributed by atoms with Gasteiger partial charge in [0, 0.05) is 25.2 Å². The fourth-order valence-corrected chi connectivity index (χ4v) is 2.99. The summed E-state index contributed by atoms with van der Waals surface area (Å²) in [7, 11) is 0. The number of amides is 1. The number of halogens is 1. The van der Waals surface area contributed by atoms with Crippen LogP contribution in [-0.4, -0.2) is 22.2 Å². The first-order valence-corrected chi connectivity index (χ1v) is 8.91. The highest BCUT2D eigenvalue weighted by molar-refractivity contribution is 5.76. The smallest absolute Gasteiger partial charge is 0.220 e. The Morgan fingerprint density at radius 1 is 1.28 bits per heavy atom. The van der Waals surface area contributed by atoms with E-state index < -0.39 is 0 Å². The van der Waals surface area contributed by atoms with Crippen LogP contribution in [0.1, 0.15) is 42.8 Å². The lowest BCUT2D eigenvalue weighted by molar-refractivity contribution is -0.121. The molecular weight excluding hydrogens is 317 g/mol. The normalized spacial score (nSPS) is 11.1. The van der Waals surface area contributed by atoms with Gasteiger partial charge < -0.3 is 5.32 Å². The van der Waals surface area contributed by atoms with Gasteiger partial charge in [0.1, 0.15) is 5.82 Å². The molecule has 1 heterocycles. The molecule has 0 spiro atoms. The molecule has 0 radical (unpaired) electrons. The second-order valence-corrected chi connectivity index (χ2v) is 6.96. The minimum absolute atomic E-state index is 0.0202. The van der Waals surface area contributed by atoms with Crippen molar-refractivity contribution in [1.82, 2.24) is 15.1 Å². The maximum absolute atomic E-state index is 13.1. The maximum atomic E-state index is 13.1. The van der Waals surface area contributed by atoms with Crippen molar-refractivity contribution >= 4 is 5.91 Å². The minimum Gasteiger partial charge on any atom is -0.356 e. The molecule has 0 aliphatic heterocycles. The molecule has 0 aliphatic rings. The van der Waals surface area contributed by atoms with E-state index in [9.17, 15) is 9.18 Å². The van der Waals surface area contributed by atoms with Crippen LogP contribution in [0.2, 0.25) is 0 Å². The van der Waals surface area contributed by atoms with E-state index >= 15 is 0 Å². The standard InChI is InChI=1S/C20H28FN3O/c1-14(2)13-24-16(4)19(15(3)23-24)8-9-20(25)22-11-10-17-6-5-7-18(21)12-17/h5-7,12,14H,8-11,13H2,1-4H3,(H,22,25). The second-order valence-electron chi connectivity index (χ2n) is 6.96. The van der Waals surface area contributed by atoms with Crippen molar-refractivity contribution in [2.75, 3.05) is 6.54 Å². The van der Waals surface area contributed by atoms with E-state index in [1.54, 1.807) is 6.07 Å². The molecule has 0 saturated carbocycles. The zero-order valence-electron chi connectivity index (χ0n) is 15.6. The molecule has 25 heavy (non-hydrogen) atoms. The summed E-state index contributed by atoms with van der Waals surface area (Å²) >= 11 is 0. The predicted octanol–water partition coefficient (Wildman–Crippen LogP) is 3.59. The topological polar surface area (TPSA) is 46.9 Å². The van der Waals surface area contributed by atoms with Crippen LogP contribution in [0.5, 0.6) is 0 Å². The number of rotatable bonds is 8. The number of aromatic nitrogens is 2. The Kier molecular flexibility index (Phi) is 6.73. The molecule has 5 heteroatoms. The van der Waals surface area contributed by atoms with E-state index in [1.807, 2.05) is 17.7 Å². The number of hydrogen-bond acceptors (Lipinski definition) is 2. The third-order valence-corrected chi connectivity index (χ3v) is 4.30. The number of carbonyl (C=O) groups is 1. The minimum atomic E-state index is -0.242. The Morgan fingerprint density at radius 2 is 2.04 bits per heavy atom. The molecule has 1 N–H and O–H groups in total. The summed E-state index contributed by atoms with van der Waals surface area (Å²) in [6, 6.07) is 6.48. The molecule has 1 aromatic carbocycles. The average Bonchev–Trinajstić information content (AvgIpc) is 2.79. The summed E-state index contributed by atoms with van der Waals surface area (Å²) in [5, 5.41) is 7.50. The number of nitrogens with zero attached hydrogens (tertiary/aromatic N) is 2. The highest BCUT2D eigenvalue weighted by Crippen LogP contribution is 2.16. The number of aryl methyl sites for hydroxylation is 1. The van der Waals surface area contributed by atoms with Crippen molar-refractivity contribution in [3.8, 4) is 0 Å². The Balaban J connectivity index is 1.81. The van der Waals surface area contributed by atoms with Crippen LogP contribution in [-0.2, 0) is 24.2 Å². The molecule has 0 unspecified atom stereocenters. The molecule has 1 aromatic heterocycles. The molecule has 4 nitrogen and oxygen atoms in total. The van der Waals surface area contributed by atoms with E-state index in [0.29, 0.717) is 31.7 Å². The van der Waals surface area contributed by atoms with E-state index in [4.69, 9.17) is 0 Å². The molecule has 0 saturated heterocycles. The van der Waals surface area contributed by atoms with Crippen LogP contribution < -0.4 is 5.32 Å². The first-order chi connectivity index (χ1) is 11.9. The van der Waals surface area contributed by atoms with Gasteiger partial charge in [-0.3, -0.25) is 9.48 Å². The van der Waals surface area contributed by atoms with Gasteiger partial charge in [-0.25, -0.2) is 4.39 Å². The summed E-state index contributed by atoms with van der Waals surface area (Å²) in [4.78, 5) is 12.1. The van der Waals surface area contributed by atoms with Gasteiger partial charge in [0.15, 0.2) is 0 Å². The monoisotopic (exact) mass is 345 g/mol. The fraction of sp³-hybridized carbons (Fsp3) is 0.500. The maximum Gasteiger partial charge on any atom is 0.220 e. The Bertz CT molecular complexity index is 722. The fourth-order valence-electron chi connectivity index (χ4n) is 2.99. The Morgan fingerprint density at radius 3 is 2.72 bits per heavy atom. The quantitative estimate of drug-likeness (QED) is 0.795. The molecule has 0 bridgehead atoms. The summed E-state index contributed by atoms with van der Waals surface area (Å²) < 4.78 is 15.2. The van der Waals surface area contributed by atoms with Gasteiger partial charge >= 0.3 is 0 Å². The molecule has 2 aromatic rings. The number of carbonyl (C=O) groups excluding carboxylic acids is 1. The molecule has 0 fully saturated rings. The summed E-state index contributed by atoms with van der Waals surface area (Å²) in [6.45, 7) is 9.82. The molecule has 0 atom stereocenters. The van der Waals surface area contributed by atoms with E-state index in [2.05, 4.69) is 31.2 Å². The van der Waals surface area contributed by atoms with Crippen molar-refractivity contribution < 1.29 is 9.18 Å². The van der Waals surface area contributed by atoms with Crippen LogP contribution in [0.4, 0.5) is 4.39 Å². The Labute approximate surface area is 149 Å². The van der Waals surface area contributed by atoms with Crippen molar-refractivity contribution in [2.24, 2.45) is 5.92 Å². The lowest BCUT2D eigenvalue weighted by atomic mass is 10.1. The lowest BCUT2D eigenvalue weighted by Gasteiger charge is -2.08. The van der Waals surface area contributed by atoms with E-state index in [-0.39, 0.29) is 11.7 Å². The summed E-state index contributed by atoms with van der Waals surface area (Å²) in [5.74, 6) is 0.317. The van der Waals surface area contributed by atoms with Gasteiger partial charge in [0.2, 0.25) is 5.91 Å². The van der Waals surface area contributed by atoms with Gasteiger partial charge in [0.05, 0.1) is 5.69 Å². The highest BCUT2D eigenvalue weighted by atomic mass is 19.1. The van der Waals surface area contributed by atoms with Crippen LogP contribution in [0, 0.1) is 25.6 Å². The first-order valence-electron chi connectivity index (χ1n) is 8.91. The SMILES string of the molecule is Cc1nn(CC(C)C)c(C)c1CCC(=O)NCCc1cccc(F)c1. The van der Waals surface area contributed by atoms with Gasteiger partial charge in [-0.2, -0.15) is 5.10 Å². The lowest BCUT2D eigenvalue weighted by Crippen LogP contribution is -2.26. The van der Waals surface area contributed by atoms with Crippen LogP contribution in [0.3, 0.4) is 0 Å². The van der Waals surface area contributed by atoms with Gasteiger partial charge in [-0.1, -0.05) is 26.0 Å². The van der Waals surface area contributed by atoms with Crippen molar-refractivity contribution in [3.63, 3.8) is 0 Å². The highest BCUT2D eigenvalue weighted by Gasteiger charge is 2.13. The van der Waals surface area contributed by atoms with Crippen molar-refractivity contribution in [2.45, 2.75) is 53.5 Å². The molecule has 2 rings (SSSR count). The van der Waals surface area contributed by atoms with E-state index in [1.165, 1.54) is 17.7 Å². The predicted molar refractivity (Wildman–Crippen MR) is 98.0 cm³/mol. The molecule has 1 amide bonds. The van der Waals surface area contributed by atoms with Crippen LogP contribution >= 0.6 is 0 Å². The summed E-state index contributed by atoms with van der Waals surface area (Å²) in [6.07, 6.45) is 1.77. The molecule has 0 aliphatic carbocycles. The number of nitrogens with one attached hydrogen (secondary N) is 1. The number of benzene rings is 1. The Hall–Kier alpha value is -2.17. The summed E-state index contributed by atoms with van der Waals surface area (Å²) in [5.41, 5.74) is 4.22. The van der Waals surface area contributed by atoms with Crippen LogP contribution in [0.15, 0.2) is 24.3 Å². The van der Waals surface area contributed by atoms with E-state index in [0.717, 1.165) is 23.5 Å².